The molecule has 0 saturated carbocycles. The zero-order valence-electron chi connectivity index (χ0n) is 18.7. The number of aryl methyl sites for hydroxylation is 1. The van der Waals surface area contributed by atoms with Gasteiger partial charge < -0.3 is 16.4 Å². The van der Waals surface area contributed by atoms with E-state index in [4.69, 9.17) is 5.73 Å². The molecule has 1 aromatic carbocycles. The van der Waals surface area contributed by atoms with Crippen LogP contribution in [-0.2, 0) is 4.79 Å². The van der Waals surface area contributed by atoms with Crippen LogP contribution in [0.15, 0.2) is 35.8 Å². The fourth-order valence-electron chi connectivity index (χ4n) is 2.84. The number of nitrogens with one attached hydrogen (secondary N) is 2. The van der Waals surface area contributed by atoms with E-state index in [1.54, 1.807) is 46.0 Å². The molecule has 0 saturated heterocycles. The Kier molecular flexibility index (Phi) is 6.42. The van der Waals surface area contributed by atoms with E-state index in [0.717, 1.165) is 5.56 Å². The summed E-state index contributed by atoms with van der Waals surface area (Å²) in [4.78, 5) is 45.7. The van der Waals surface area contributed by atoms with Crippen molar-refractivity contribution in [3.8, 4) is 0 Å². The molecule has 1 amide bonds. The highest BCUT2D eigenvalue weighted by Crippen LogP contribution is 2.26. The molecule has 0 fully saturated rings. The molecule has 3 aromatic rings. The van der Waals surface area contributed by atoms with E-state index in [2.05, 4.69) is 35.6 Å². The summed E-state index contributed by atoms with van der Waals surface area (Å²) in [6.45, 7) is 7.28. The van der Waals surface area contributed by atoms with Crippen LogP contribution in [0, 0.1) is 12.3 Å². The zero-order chi connectivity index (χ0) is 23.5. The Balaban J connectivity index is 1.89. The second-order valence-corrected chi connectivity index (χ2v) is 8.30. The van der Waals surface area contributed by atoms with Crippen molar-refractivity contribution >= 4 is 45.9 Å². The molecule has 32 heavy (non-hydrogen) atoms. The largest absolute Gasteiger partial charge is 0.387 e. The number of nitrogens with zero attached hydrogens (tertiary/aromatic N) is 5. The molecule has 0 bridgehead atoms. The zero-order valence-corrected chi connectivity index (χ0v) is 18.7. The number of hydrogen-bond donors (Lipinski definition) is 3. The Morgan fingerprint density at radius 2 is 1.66 bits per heavy atom. The Bertz CT molecular complexity index is 1210. The number of anilines is 3. The highest BCUT2D eigenvalue weighted by Gasteiger charge is 2.22. The first kappa shape index (κ1) is 22.7. The summed E-state index contributed by atoms with van der Waals surface area (Å²) in [6.07, 6.45) is 2.76. The fraction of sp³-hybridized carbons (Fsp3) is 0.318. The van der Waals surface area contributed by atoms with Gasteiger partial charge in [-0.25, -0.2) is 19.9 Å². The minimum absolute atomic E-state index is 0.0110. The van der Waals surface area contributed by atoms with E-state index in [1.165, 1.54) is 12.7 Å². The SMILES string of the molecule is CNc1ncnc2c(Nc3cc(C(=O)N=C(N)CC(=O)C(C)(C)C)ccc3C)ncnc12. The average molecular weight is 435 g/mol. The van der Waals surface area contributed by atoms with Crippen molar-refractivity contribution in [3.05, 3.63) is 42.0 Å². The number of amides is 1. The quantitative estimate of drug-likeness (QED) is 0.393. The molecule has 0 radical (unpaired) electrons. The number of aromatic nitrogens is 4. The fourth-order valence-corrected chi connectivity index (χ4v) is 2.84. The van der Waals surface area contributed by atoms with Crippen LogP contribution in [0.1, 0.15) is 43.1 Å². The lowest BCUT2D eigenvalue weighted by Crippen LogP contribution is -2.27. The standard InChI is InChI=1S/C22H26N8O2/c1-12-6-7-13(21(32)30-16(23)9-15(31)22(2,3)4)8-14(12)29-20-18-17(25-11-28-20)19(24-5)27-10-26-18/h6-8,10-11H,9H2,1-5H3,(H2,23,30,32)(H,24,26,27)(H,25,28,29). The second-order valence-electron chi connectivity index (χ2n) is 8.30. The summed E-state index contributed by atoms with van der Waals surface area (Å²) < 4.78 is 0. The van der Waals surface area contributed by atoms with E-state index in [-0.39, 0.29) is 18.0 Å². The summed E-state index contributed by atoms with van der Waals surface area (Å²) in [7, 11) is 1.75. The van der Waals surface area contributed by atoms with Crippen LogP contribution >= 0.6 is 0 Å². The van der Waals surface area contributed by atoms with Crippen molar-refractivity contribution in [2.75, 3.05) is 17.7 Å². The Hall–Kier alpha value is -3.95. The number of fused-ring (bicyclic) bond motifs is 1. The number of Topliss-reactive ketones (excluding diaryl/α,β-unsaturated/α-hetero) is 1. The van der Waals surface area contributed by atoms with E-state index < -0.39 is 11.3 Å². The van der Waals surface area contributed by atoms with Crippen molar-refractivity contribution in [3.63, 3.8) is 0 Å². The predicted octanol–water partition coefficient (Wildman–Crippen LogP) is 3.02. The van der Waals surface area contributed by atoms with Gasteiger partial charge in [0.2, 0.25) is 0 Å². The van der Waals surface area contributed by atoms with Crippen molar-refractivity contribution in [2.45, 2.75) is 34.1 Å². The summed E-state index contributed by atoms with van der Waals surface area (Å²) in [5, 5.41) is 6.18. The van der Waals surface area contributed by atoms with Crippen LogP contribution in [0.25, 0.3) is 11.0 Å². The molecule has 0 unspecified atom stereocenters. The first-order valence-corrected chi connectivity index (χ1v) is 10.0. The lowest BCUT2D eigenvalue weighted by Gasteiger charge is -2.15. The molecule has 0 aliphatic rings. The van der Waals surface area contributed by atoms with Crippen LogP contribution in [0.3, 0.4) is 0 Å². The molecule has 0 aliphatic carbocycles. The maximum atomic E-state index is 12.6. The van der Waals surface area contributed by atoms with Crippen LogP contribution < -0.4 is 16.4 Å². The number of carbonyl (C=O) groups is 2. The van der Waals surface area contributed by atoms with Crippen LogP contribution in [0.5, 0.6) is 0 Å². The molecule has 3 rings (SSSR count). The normalized spacial score (nSPS) is 12.0. The third-order valence-electron chi connectivity index (χ3n) is 4.82. The van der Waals surface area contributed by atoms with Gasteiger partial charge >= 0.3 is 0 Å². The van der Waals surface area contributed by atoms with Gasteiger partial charge in [-0.05, 0) is 24.6 Å². The second kappa shape index (κ2) is 9.04. The van der Waals surface area contributed by atoms with Gasteiger partial charge in [-0.1, -0.05) is 26.8 Å². The lowest BCUT2D eigenvalue weighted by atomic mass is 9.89. The van der Waals surface area contributed by atoms with Crippen LogP contribution in [0.4, 0.5) is 17.3 Å². The van der Waals surface area contributed by atoms with Gasteiger partial charge in [-0.15, -0.1) is 0 Å². The highest BCUT2D eigenvalue weighted by atomic mass is 16.1. The smallest absolute Gasteiger partial charge is 0.278 e. The van der Waals surface area contributed by atoms with E-state index in [9.17, 15) is 9.59 Å². The van der Waals surface area contributed by atoms with Gasteiger partial charge in [-0.3, -0.25) is 9.59 Å². The van der Waals surface area contributed by atoms with Gasteiger partial charge in [0.15, 0.2) is 11.6 Å². The molecule has 4 N–H and O–H groups in total. The molecule has 2 aromatic heterocycles. The Morgan fingerprint density at radius 3 is 2.28 bits per heavy atom. The number of hydrogen-bond acceptors (Lipinski definition) is 8. The molecule has 166 valence electrons. The number of ketones is 1. The summed E-state index contributed by atoms with van der Waals surface area (Å²) in [5.41, 5.74) is 8.26. The van der Waals surface area contributed by atoms with Crippen molar-refractivity contribution in [1.82, 2.24) is 19.9 Å². The number of benzene rings is 1. The van der Waals surface area contributed by atoms with Gasteiger partial charge in [-0.2, -0.15) is 4.99 Å². The summed E-state index contributed by atoms with van der Waals surface area (Å²) in [5.74, 6) is 0.426. The third kappa shape index (κ3) is 5.02. The number of aliphatic imine (C=N–C) groups is 1. The molecule has 10 heteroatoms. The molecular weight excluding hydrogens is 408 g/mol. The first-order valence-electron chi connectivity index (χ1n) is 10.0. The molecule has 10 nitrogen and oxygen atoms in total. The van der Waals surface area contributed by atoms with Crippen molar-refractivity contribution < 1.29 is 9.59 Å². The average Bonchev–Trinajstić information content (AvgIpc) is 2.74. The predicted molar refractivity (Wildman–Crippen MR) is 124 cm³/mol. The maximum absolute atomic E-state index is 12.6. The molecule has 0 aliphatic heterocycles. The van der Waals surface area contributed by atoms with Gasteiger partial charge in [0.1, 0.15) is 35.3 Å². The number of carbonyl (C=O) groups excluding carboxylic acids is 2. The highest BCUT2D eigenvalue weighted by molar-refractivity contribution is 6.09. The van der Waals surface area contributed by atoms with Crippen LogP contribution in [-0.4, -0.2) is 44.5 Å². The molecule has 0 spiro atoms. The topological polar surface area (TPSA) is 148 Å². The van der Waals surface area contributed by atoms with Gasteiger partial charge in [0.05, 0.1) is 6.42 Å². The number of rotatable bonds is 6. The third-order valence-corrected chi connectivity index (χ3v) is 4.82. The molecule has 0 atom stereocenters. The lowest BCUT2D eigenvalue weighted by molar-refractivity contribution is -0.125. The minimum atomic E-state index is -0.554. The summed E-state index contributed by atoms with van der Waals surface area (Å²) in [6, 6.07) is 5.11. The minimum Gasteiger partial charge on any atom is -0.387 e. The van der Waals surface area contributed by atoms with Crippen LogP contribution in [0.2, 0.25) is 0 Å². The van der Waals surface area contributed by atoms with Gasteiger partial charge in [0.25, 0.3) is 5.91 Å². The van der Waals surface area contributed by atoms with Gasteiger partial charge in [0, 0.05) is 23.7 Å². The molecule has 2 heterocycles. The Labute approximate surface area is 185 Å². The Morgan fingerprint density at radius 1 is 1.03 bits per heavy atom. The number of nitrogens with two attached hydrogens (primary N) is 1. The van der Waals surface area contributed by atoms with Crippen molar-refractivity contribution in [2.24, 2.45) is 16.1 Å². The summed E-state index contributed by atoms with van der Waals surface area (Å²) >= 11 is 0. The van der Waals surface area contributed by atoms with E-state index in [0.29, 0.717) is 33.9 Å². The van der Waals surface area contributed by atoms with E-state index >= 15 is 0 Å². The monoisotopic (exact) mass is 434 g/mol. The van der Waals surface area contributed by atoms with Crippen molar-refractivity contribution in [1.29, 1.82) is 0 Å². The molecular formula is C22H26N8O2. The number of amidine groups is 1. The van der Waals surface area contributed by atoms with E-state index in [1.807, 2.05) is 6.92 Å². The first-order chi connectivity index (χ1) is 15.1. The maximum Gasteiger partial charge on any atom is 0.278 e.